The molecule has 148 valence electrons. The molecule has 0 aromatic heterocycles. The van der Waals surface area contributed by atoms with Crippen LogP contribution in [0, 0.1) is 5.92 Å². The second kappa shape index (κ2) is 7.75. The van der Waals surface area contributed by atoms with Gasteiger partial charge in [-0.1, -0.05) is 18.2 Å². The van der Waals surface area contributed by atoms with Gasteiger partial charge in [0.15, 0.2) is 0 Å². The number of benzene rings is 1. The number of carbonyl (C=O) groups excluding carboxylic acids is 1. The molecule has 0 radical (unpaired) electrons. The number of para-hydroxylation sites is 1. The van der Waals surface area contributed by atoms with Crippen molar-refractivity contribution in [3.8, 4) is 5.75 Å². The predicted molar refractivity (Wildman–Crippen MR) is 87.2 cm³/mol. The van der Waals surface area contributed by atoms with E-state index < -0.39 is 30.7 Å². The third-order valence-corrected chi connectivity index (χ3v) is 4.87. The number of carbonyl (C=O) groups is 2. The molecule has 1 aliphatic heterocycles. The molecule has 0 bridgehead atoms. The lowest BCUT2D eigenvalue weighted by molar-refractivity contribution is -0.274. The van der Waals surface area contributed by atoms with Crippen LogP contribution in [-0.2, 0) is 14.3 Å². The van der Waals surface area contributed by atoms with Crippen molar-refractivity contribution in [2.24, 2.45) is 5.92 Å². The number of aliphatic carboxylic acids is 1. The zero-order valence-electron chi connectivity index (χ0n) is 14.4. The highest BCUT2D eigenvalue weighted by atomic mass is 19.4. The van der Waals surface area contributed by atoms with Crippen LogP contribution in [0.3, 0.4) is 0 Å². The van der Waals surface area contributed by atoms with Crippen molar-refractivity contribution in [3.63, 3.8) is 0 Å². The van der Waals surface area contributed by atoms with Gasteiger partial charge in [0.1, 0.15) is 12.3 Å². The average Bonchev–Trinajstić information content (AvgIpc) is 3.39. The molecule has 1 heterocycles. The zero-order valence-corrected chi connectivity index (χ0v) is 14.4. The largest absolute Gasteiger partial charge is 0.573 e. The second-order valence-corrected chi connectivity index (χ2v) is 6.74. The molecule has 6 nitrogen and oxygen atoms in total. The summed E-state index contributed by atoms with van der Waals surface area (Å²) in [5.41, 5.74) is 0.315. The lowest BCUT2D eigenvalue weighted by Crippen LogP contribution is -2.46. The molecule has 1 amide bonds. The van der Waals surface area contributed by atoms with Crippen molar-refractivity contribution in [1.82, 2.24) is 4.90 Å². The Morgan fingerprint density at radius 2 is 1.89 bits per heavy atom. The van der Waals surface area contributed by atoms with Gasteiger partial charge in [-0.05, 0) is 36.8 Å². The van der Waals surface area contributed by atoms with Gasteiger partial charge < -0.3 is 19.5 Å². The van der Waals surface area contributed by atoms with E-state index in [1.165, 1.54) is 23.1 Å². The topological polar surface area (TPSA) is 76.1 Å². The van der Waals surface area contributed by atoms with E-state index in [0.29, 0.717) is 38.0 Å². The summed E-state index contributed by atoms with van der Waals surface area (Å²) in [6, 6.07) is 5.52. The summed E-state index contributed by atoms with van der Waals surface area (Å²) in [6.07, 6.45) is -3.35. The molecule has 27 heavy (non-hydrogen) atoms. The second-order valence-electron chi connectivity index (χ2n) is 6.74. The summed E-state index contributed by atoms with van der Waals surface area (Å²) < 4.78 is 47.1. The molecule has 1 saturated heterocycles. The predicted octanol–water partition coefficient (Wildman–Crippen LogP) is 2.78. The number of ether oxygens (including phenoxy) is 2. The summed E-state index contributed by atoms with van der Waals surface area (Å²) in [6.45, 7) is 0.474. The van der Waals surface area contributed by atoms with Gasteiger partial charge in [0.25, 0.3) is 0 Å². The van der Waals surface area contributed by atoms with E-state index in [2.05, 4.69) is 4.74 Å². The van der Waals surface area contributed by atoms with Gasteiger partial charge in [0, 0.05) is 25.2 Å². The number of carboxylic acid groups (broad SMARTS) is 1. The SMILES string of the molecule is O=C(O)CN(C(=O)[C@H]1C[C@H]1c1ccccc1OC(F)(F)F)C1CCOCC1. The highest BCUT2D eigenvalue weighted by molar-refractivity contribution is 5.86. The number of carboxylic acids is 1. The van der Waals surface area contributed by atoms with Crippen molar-refractivity contribution < 1.29 is 37.3 Å². The van der Waals surface area contributed by atoms with Crippen LogP contribution in [0.4, 0.5) is 13.2 Å². The van der Waals surface area contributed by atoms with E-state index in [1.54, 1.807) is 6.07 Å². The molecule has 3 rings (SSSR count). The molecule has 2 fully saturated rings. The van der Waals surface area contributed by atoms with Crippen molar-refractivity contribution in [2.75, 3.05) is 19.8 Å². The third kappa shape index (κ3) is 4.91. The average molecular weight is 387 g/mol. The number of halogens is 3. The lowest BCUT2D eigenvalue weighted by Gasteiger charge is -2.33. The minimum absolute atomic E-state index is 0.231. The van der Waals surface area contributed by atoms with E-state index in [0.717, 1.165) is 0 Å². The van der Waals surface area contributed by atoms with Crippen LogP contribution in [-0.4, -0.2) is 54.0 Å². The number of hydrogen-bond acceptors (Lipinski definition) is 4. The minimum Gasteiger partial charge on any atom is -0.480 e. The van der Waals surface area contributed by atoms with Gasteiger partial charge in [-0.15, -0.1) is 13.2 Å². The van der Waals surface area contributed by atoms with E-state index in [9.17, 15) is 22.8 Å². The quantitative estimate of drug-likeness (QED) is 0.812. The van der Waals surface area contributed by atoms with Crippen molar-refractivity contribution >= 4 is 11.9 Å². The smallest absolute Gasteiger partial charge is 0.480 e. The molecular formula is C18H20F3NO5. The summed E-state index contributed by atoms with van der Waals surface area (Å²) in [4.78, 5) is 25.4. The molecule has 0 unspecified atom stereocenters. The van der Waals surface area contributed by atoms with Crippen LogP contribution in [0.1, 0.15) is 30.7 Å². The van der Waals surface area contributed by atoms with Gasteiger partial charge in [0.05, 0.1) is 0 Å². The van der Waals surface area contributed by atoms with Gasteiger partial charge in [0.2, 0.25) is 5.91 Å². The zero-order chi connectivity index (χ0) is 19.6. The summed E-state index contributed by atoms with van der Waals surface area (Å²) in [5.74, 6) is -2.72. The lowest BCUT2D eigenvalue weighted by atomic mass is 10.0. The van der Waals surface area contributed by atoms with E-state index in [1.807, 2.05) is 0 Å². The molecule has 2 atom stereocenters. The van der Waals surface area contributed by atoms with Crippen LogP contribution >= 0.6 is 0 Å². The molecule has 1 aliphatic carbocycles. The van der Waals surface area contributed by atoms with Gasteiger partial charge >= 0.3 is 12.3 Å². The number of hydrogen-bond donors (Lipinski definition) is 1. The highest BCUT2D eigenvalue weighted by Crippen LogP contribution is 2.52. The Morgan fingerprint density at radius 3 is 2.52 bits per heavy atom. The van der Waals surface area contributed by atoms with Crippen molar-refractivity contribution in [1.29, 1.82) is 0 Å². The first-order chi connectivity index (χ1) is 12.8. The van der Waals surface area contributed by atoms with Gasteiger partial charge in [-0.25, -0.2) is 0 Å². The fraction of sp³-hybridized carbons (Fsp3) is 0.556. The molecule has 1 N–H and O–H groups in total. The highest BCUT2D eigenvalue weighted by Gasteiger charge is 2.49. The third-order valence-electron chi connectivity index (χ3n) is 4.87. The Bertz CT molecular complexity index is 702. The van der Waals surface area contributed by atoms with Crippen LogP contribution in [0.25, 0.3) is 0 Å². The normalized spacial score (nSPS) is 22.9. The summed E-state index contributed by atoms with van der Waals surface area (Å²) >= 11 is 0. The monoisotopic (exact) mass is 387 g/mol. The van der Waals surface area contributed by atoms with Crippen LogP contribution in [0.5, 0.6) is 5.75 Å². The molecule has 2 aliphatic rings. The molecular weight excluding hydrogens is 367 g/mol. The van der Waals surface area contributed by atoms with Gasteiger partial charge in [-0.2, -0.15) is 0 Å². The standard InChI is InChI=1S/C18H20F3NO5/c19-18(20,21)27-15-4-2-1-3-12(15)13-9-14(13)17(25)22(10-16(23)24)11-5-7-26-8-6-11/h1-4,11,13-14H,5-10H2,(H,23,24)/t13-,14-/m0/s1. The van der Waals surface area contributed by atoms with Crippen LogP contribution in [0.15, 0.2) is 24.3 Å². The number of alkyl halides is 3. The Hall–Kier alpha value is -2.29. The molecule has 9 heteroatoms. The number of nitrogens with zero attached hydrogens (tertiary/aromatic N) is 1. The van der Waals surface area contributed by atoms with Gasteiger partial charge in [-0.3, -0.25) is 9.59 Å². The maximum atomic E-state index is 12.9. The van der Waals surface area contributed by atoms with Crippen molar-refractivity contribution in [2.45, 2.75) is 37.6 Å². The minimum atomic E-state index is -4.82. The molecule has 1 aromatic rings. The molecule has 0 spiro atoms. The first kappa shape index (κ1) is 19.5. The number of amides is 1. The summed E-state index contributed by atoms with van der Waals surface area (Å²) in [5, 5.41) is 9.15. The Labute approximate surface area is 153 Å². The maximum Gasteiger partial charge on any atom is 0.573 e. The first-order valence-electron chi connectivity index (χ1n) is 8.71. The Morgan fingerprint density at radius 1 is 1.22 bits per heavy atom. The van der Waals surface area contributed by atoms with E-state index in [4.69, 9.17) is 9.84 Å². The van der Waals surface area contributed by atoms with Crippen molar-refractivity contribution in [3.05, 3.63) is 29.8 Å². The Kier molecular flexibility index (Phi) is 5.59. The van der Waals surface area contributed by atoms with Crippen LogP contribution < -0.4 is 4.74 Å². The summed E-state index contributed by atoms with van der Waals surface area (Å²) in [7, 11) is 0. The fourth-order valence-corrected chi connectivity index (χ4v) is 3.56. The number of rotatable bonds is 6. The molecule has 1 aromatic carbocycles. The molecule has 1 saturated carbocycles. The van der Waals surface area contributed by atoms with Crippen LogP contribution in [0.2, 0.25) is 0 Å². The van der Waals surface area contributed by atoms with E-state index >= 15 is 0 Å². The fourth-order valence-electron chi connectivity index (χ4n) is 3.56. The van der Waals surface area contributed by atoms with E-state index in [-0.39, 0.29) is 17.7 Å². The maximum absolute atomic E-state index is 12.9. The Balaban J connectivity index is 1.74. The first-order valence-corrected chi connectivity index (χ1v) is 8.71.